The van der Waals surface area contributed by atoms with Gasteiger partial charge >= 0.3 is 0 Å². The van der Waals surface area contributed by atoms with Gasteiger partial charge in [0.05, 0.1) is 0 Å². The first-order chi connectivity index (χ1) is 8.38. The summed E-state index contributed by atoms with van der Waals surface area (Å²) in [7, 11) is 1.94. The summed E-state index contributed by atoms with van der Waals surface area (Å²) in [4.78, 5) is 8.45. The molecule has 0 unspecified atom stereocenters. The maximum absolute atomic E-state index is 4.25. The highest BCUT2D eigenvalue weighted by atomic mass is 15.1. The first kappa shape index (κ1) is 12.1. The minimum atomic E-state index is 0.593. The van der Waals surface area contributed by atoms with Crippen LogP contribution in [0.25, 0.3) is 0 Å². The van der Waals surface area contributed by atoms with Gasteiger partial charge in [-0.1, -0.05) is 12.8 Å². The second-order valence-corrected chi connectivity index (χ2v) is 4.44. The van der Waals surface area contributed by atoms with Crippen LogP contribution in [0, 0.1) is 0 Å². The lowest BCUT2D eigenvalue weighted by molar-refractivity contribution is 0.749. The van der Waals surface area contributed by atoms with Crippen LogP contribution in [0.4, 0.5) is 11.6 Å². The Labute approximate surface area is 102 Å². The molecule has 0 saturated heterocycles. The third kappa shape index (κ3) is 3.85. The van der Waals surface area contributed by atoms with Crippen LogP contribution in [0.2, 0.25) is 0 Å². The number of hydrogen-bond acceptors (Lipinski definition) is 5. The molecule has 0 spiro atoms. The number of hydrogen-bond donors (Lipinski definition) is 3. The molecule has 1 aromatic heterocycles. The molecule has 3 N–H and O–H groups in total. The zero-order valence-corrected chi connectivity index (χ0v) is 10.4. The summed E-state index contributed by atoms with van der Waals surface area (Å²) >= 11 is 0. The highest BCUT2D eigenvalue weighted by molar-refractivity contribution is 5.46. The summed E-state index contributed by atoms with van der Waals surface area (Å²) in [6.45, 7) is 1.80. The van der Waals surface area contributed by atoms with Gasteiger partial charge in [0.15, 0.2) is 0 Å². The van der Waals surface area contributed by atoms with Crippen LogP contribution in [0.1, 0.15) is 25.7 Å². The van der Waals surface area contributed by atoms with Crippen molar-refractivity contribution >= 4 is 11.6 Å². The Kier molecular flexibility index (Phi) is 4.55. The Hall–Kier alpha value is -1.36. The lowest BCUT2D eigenvalue weighted by Crippen LogP contribution is -2.19. The molecule has 1 saturated carbocycles. The van der Waals surface area contributed by atoms with E-state index in [1.807, 2.05) is 13.1 Å². The van der Waals surface area contributed by atoms with Gasteiger partial charge in [-0.3, -0.25) is 0 Å². The Morgan fingerprint density at radius 1 is 1.18 bits per heavy atom. The standard InChI is InChI=1S/C12H21N5/c1-13-6-7-14-11-8-12(16-9-15-11)17-10-4-2-3-5-10/h8-10,13H,2-7H2,1H3,(H2,14,15,16,17). The van der Waals surface area contributed by atoms with E-state index in [0.29, 0.717) is 6.04 Å². The quantitative estimate of drug-likeness (QED) is 0.652. The number of anilines is 2. The van der Waals surface area contributed by atoms with Gasteiger partial charge in [-0.15, -0.1) is 0 Å². The molecule has 1 aliphatic rings. The van der Waals surface area contributed by atoms with E-state index in [1.165, 1.54) is 25.7 Å². The average Bonchev–Trinajstić information content (AvgIpc) is 2.83. The summed E-state index contributed by atoms with van der Waals surface area (Å²) in [5, 5.41) is 9.81. The second-order valence-electron chi connectivity index (χ2n) is 4.44. The lowest BCUT2D eigenvalue weighted by Gasteiger charge is -2.13. The van der Waals surface area contributed by atoms with Crippen LogP contribution < -0.4 is 16.0 Å². The normalized spacial score (nSPS) is 16.1. The van der Waals surface area contributed by atoms with Gasteiger partial charge in [-0.05, 0) is 19.9 Å². The van der Waals surface area contributed by atoms with Crippen molar-refractivity contribution in [2.75, 3.05) is 30.8 Å². The molecule has 1 aliphatic carbocycles. The maximum Gasteiger partial charge on any atom is 0.131 e. The molecule has 94 valence electrons. The second kappa shape index (κ2) is 6.39. The minimum Gasteiger partial charge on any atom is -0.369 e. The summed E-state index contributed by atoms with van der Waals surface area (Å²) in [5.41, 5.74) is 0. The Morgan fingerprint density at radius 3 is 2.71 bits per heavy atom. The molecule has 0 aliphatic heterocycles. The van der Waals surface area contributed by atoms with E-state index in [1.54, 1.807) is 6.33 Å². The summed E-state index contributed by atoms with van der Waals surface area (Å²) in [6.07, 6.45) is 6.78. The fraction of sp³-hybridized carbons (Fsp3) is 0.667. The Morgan fingerprint density at radius 2 is 1.94 bits per heavy atom. The van der Waals surface area contributed by atoms with Gasteiger partial charge in [-0.25, -0.2) is 9.97 Å². The van der Waals surface area contributed by atoms with Crippen molar-refractivity contribution in [3.63, 3.8) is 0 Å². The zero-order valence-electron chi connectivity index (χ0n) is 10.4. The number of nitrogens with zero attached hydrogens (tertiary/aromatic N) is 2. The highest BCUT2D eigenvalue weighted by Gasteiger charge is 2.14. The molecule has 0 aromatic carbocycles. The Bertz CT molecular complexity index is 335. The van der Waals surface area contributed by atoms with Crippen LogP contribution in [0.5, 0.6) is 0 Å². The fourth-order valence-corrected chi connectivity index (χ4v) is 2.13. The van der Waals surface area contributed by atoms with Crippen molar-refractivity contribution < 1.29 is 0 Å². The summed E-state index contributed by atoms with van der Waals surface area (Å²) < 4.78 is 0. The number of nitrogens with one attached hydrogen (secondary N) is 3. The SMILES string of the molecule is CNCCNc1cc(NC2CCCC2)ncn1. The molecular weight excluding hydrogens is 214 g/mol. The topological polar surface area (TPSA) is 61.9 Å². The molecule has 0 amide bonds. The molecule has 1 fully saturated rings. The first-order valence-corrected chi connectivity index (χ1v) is 6.35. The maximum atomic E-state index is 4.25. The Balaban J connectivity index is 1.86. The van der Waals surface area contributed by atoms with Crippen molar-refractivity contribution in [2.24, 2.45) is 0 Å². The lowest BCUT2D eigenvalue weighted by atomic mass is 10.2. The monoisotopic (exact) mass is 235 g/mol. The van der Waals surface area contributed by atoms with Gasteiger partial charge < -0.3 is 16.0 Å². The first-order valence-electron chi connectivity index (χ1n) is 6.35. The number of rotatable bonds is 6. The van der Waals surface area contributed by atoms with Gasteiger partial charge in [0.25, 0.3) is 0 Å². The summed E-state index contributed by atoms with van der Waals surface area (Å²) in [5.74, 6) is 1.81. The van der Waals surface area contributed by atoms with E-state index in [2.05, 4.69) is 25.9 Å². The molecule has 1 aromatic rings. The molecule has 0 radical (unpaired) electrons. The molecule has 1 heterocycles. The van der Waals surface area contributed by atoms with Crippen molar-refractivity contribution in [3.05, 3.63) is 12.4 Å². The molecular formula is C12H21N5. The minimum absolute atomic E-state index is 0.593. The van der Waals surface area contributed by atoms with Crippen LogP contribution in [-0.2, 0) is 0 Å². The zero-order chi connectivity index (χ0) is 11.9. The molecule has 0 bridgehead atoms. The highest BCUT2D eigenvalue weighted by Crippen LogP contribution is 2.21. The fourth-order valence-electron chi connectivity index (χ4n) is 2.13. The third-order valence-electron chi connectivity index (χ3n) is 3.06. The molecule has 2 rings (SSSR count). The number of likely N-dealkylation sites (N-methyl/N-ethyl adjacent to an activating group) is 1. The van der Waals surface area contributed by atoms with Crippen molar-refractivity contribution in [1.82, 2.24) is 15.3 Å². The van der Waals surface area contributed by atoms with Crippen LogP contribution in [0.3, 0.4) is 0 Å². The smallest absolute Gasteiger partial charge is 0.131 e. The van der Waals surface area contributed by atoms with Gasteiger partial charge in [0.1, 0.15) is 18.0 Å². The van der Waals surface area contributed by atoms with Gasteiger partial charge in [-0.2, -0.15) is 0 Å². The number of aromatic nitrogens is 2. The predicted octanol–water partition coefficient (Wildman–Crippen LogP) is 1.46. The molecule has 5 heteroatoms. The van der Waals surface area contributed by atoms with E-state index >= 15 is 0 Å². The molecule has 5 nitrogen and oxygen atoms in total. The largest absolute Gasteiger partial charge is 0.369 e. The van der Waals surface area contributed by atoms with Gasteiger partial charge in [0.2, 0.25) is 0 Å². The van der Waals surface area contributed by atoms with Crippen molar-refractivity contribution in [3.8, 4) is 0 Å². The van der Waals surface area contributed by atoms with E-state index < -0.39 is 0 Å². The predicted molar refractivity (Wildman–Crippen MR) is 70.3 cm³/mol. The van der Waals surface area contributed by atoms with Gasteiger partial charge in [0, 0.05) is 25.2 Å². The van der Waals surface area contributed by atoms with E-state index in [4.69, 9.17) is 0 Å². The van der Waals surface area contributed by atoms with Crippen molar-refractivity contribution in [1.29, 1.82) is 0 Å². The molecule has 17 heavy (non-hydrogen) atoms. The van der Waals surface area contributed by atoms with E-state index in [-0.39, 0.29) is 0 Å². The summed E-state index contributed by atoms with van der Waals surface area (Å²) in [6, 6.07) is 2.57. The molecule has 0 atom stereocenters. The van der Waals surface area contributed by atoms with Crippen LogP contribution in [0.15, 0.2) is 12.4 Å². The van der Waals surface area contributed by atoms with E-state index in [0.717, 1.165) is 24.7 Å². The van der Waals surface area contributed by atoms with Crippen LogP contribution >= 0.6 is 0 Å². The average molecular weight is 235 g/mol. The van der Waals surface area contributed by atoms with Crippen LogP contribution in [-0.4, -0.2) is 36.1 Å². The van der Waals surface area contributed by atoms with Crippen molar-refractivity contribution in [2.45, 2.75) is 31.7 Å². The third-order valence-corrected chi connectivity index (χ3v) is 3.06. The van der Waals surface area contributed by atoms with E-state index in [9.17, 15) is 0 Å².